The van der Waals surface area contributed by atoms with E-state index in [0.29, 0.717) is 0 Å². The molecule has 8 heteroatoms. The summed E-state index contributed by atoms with van der Waals surface area (Å²) in [5.74, 6) is 0. The Hall–Kier alpha value is -6.48. The molecular formula is C47H34N6S2. The van der Waals surface area contributed by atoms with Crippen molar-refractivity contribution in [1.82, 2.24) is 9.97 Å². The minimum atomic E-state index is 0.859. The van der Waals surface area contributed by atoms with Crippen LogP contribution in [0.5, 0.6) is 0 Å². The molecule has 0 N–H and O–H groups in total. The molecule has 0 amide bonds. The first-order chi connectivity index (χ1) is 27.1. The summed E-state index contributed by atoms with van der Waals surface area (Å²) in [6.07, 6.45) is 12.3. The van der Waals surface area contributed by atoms with Crippen LogP contribution >= 0.6 is 22.7 Å². The second kappa shape index (κ2) is 14.4. The van der Waals surface area contributed by atoms with Crippen molar-refractivity contribution in [2.75, 3.05) is 16.5 Å². The highest BCUT2D eigenvalue weighted by Crippen LogP contribution is 2.39. The van der Waals surface area contributed by atoms with Gasteiger partial charge in [-0.15, -0.1) is 22.7 Å². The third kappa shape index (κ3) is 7.13. The zero-order valence-corrected chi connectivity index (χ0v) is 31.4. The smallest absolute Gasteiger partial charge is 0.117 e. The quantitative estimate of drug-likeness (QED) is 0.145. The fourth-order valence-corrected chi connectivity index (χ4v) is 9.02. The summed E-state index contributed by atoms with van der Waals surface area (Å²) >= 11 is 3.37. The highest BCUT2D eigenvalue weighted by atomic mass is 32.1. The average molecular weight is 747 g/mol. The van der Waals surface area contributed by atoms with Crippen LogP contribution in [0.2, 0.25) is 0 Å². The van der Waals surface area contributed by atoms with Gasteiger partial charge in [-0.2, -0.15) is 0 Å². The second-order valence-electron chi connectivity index (χ2n) is 13.7. The molecule has 0 unspecified atom stereocenters. The lowest BCUT2D eigenvalue weighted by molar-refractivity contribution is 0.651. The minimum absolute atomic E-state index is 0.859. The van der Waals surface area contributed by atoms with Gasteiger partial charge in [0, 0.05) is 36.9 Å². The molecule has 0 atom stereocenters. The molecule has 0 aliphatic carbocycles. The molecule has 0 fully saturated rings. The number of thiazole rings is 2. The third-order valence-corrected chi connectivity index (χ3v) is 11.9. The van der Waals surface area contributed by atoms with Gasteiger partial charge in [-0.3, -0.25) is 9.98 Å². The Morgan fingerprint density at radius 3 is 1.42 bits per heavy atom. The van der Waals surface area contributed by atoms with E-state index in [1.165, 1.54) is 22.5 Å². The summed E-state index contributed by atoms with van der Waals surface area (Å²) in [5.41, 5.74) is 13.6. The fraction of sp³-hybridized carbons (Fsp3) is 0.0638. The van der Waals surface area contributed by atoms with Crippen LogP contribution in [0.4, 0.5) is 22.7 Å². The van der Waals surface area contributed by atoms with E-state index in [0.717, 1.165) is 83.8 Å². The van der Waals surface area contributed by atoms with Gasteiger partial charge in [0.25, 0.3) is 0 Å². The molecule has 4 heterocycles. The summed E-state index contributed by atoms with van der Waals surface area (Å²) in [5, 5.41) is 1.98. The van der Waals surface area contributed by atoms with E-state index < -0.39 is 0 Å². The molecule has 0 radical (unpaired) electrons. The first kappa shape index (κ1) is 33.1. The maximum Gasteiger partial charge on any atom is 0.117 e. The Morgan fingerprint density at radius 2 is 0.945 bits per heavy atom. The maximum atomic E-state index is 4.86. The molecule has 2 aliphatic rings. The second-order valence-corrected chi connectivity index (χ2v) is 15.9. The van der Waals surface area contributed by atoms with Gasteiger partial charge in [0.2, 0.25) is 0 Å². The highest BCUT2D eigenvalue weighted by molar-refractivity contribution is 7.19. The summed E-state index contributed by atoms with van der Waals surface area (Å²) in [6.45, 7) is 2.60. The number of aromatic nitrogens is 2. The Labute approximate surface area is 327 Å². The SMILES string of the molecule is C(=C\c1nc2ccc(/N=C/c3ccc4c(c3)CN3CN4Cc4cc(/C=N/c5ccc6nc(/C=C/c7ccccc7)sc6c5)ccc43)cc2s1)/c1ccccc1. The fourth-order valence-electron chi connectivity index (χ4n) is 7.21. The number of aliphatic imine (C=N–C) groups is 2. The third-order valence-electron chi connectivity index (χ3n) is 9.89. The van der Waals surface area contributed by atoms with E-state index >= 15 is 0 Å². The van der Waals surface area contributed by atoms with E-state index in [1.54, 1.807) is 22.7 Å². The van der Waals surface area contributed by atoms with Crippen molar-refractivity contribution < 1.29 is 0 Å². The maximum absolute atomic E-state index is 4.86. The molecule has 2 aromatic heterocycles. The average Bonchev–Trinajstić information content (AvgIpc) is 3.84. The van der Waals surface area contributed by atoms with E-state index in [-0.39, 0.29) is 0 Å². The molecule has 0 spiro atoms. The van der Waals surface area contributed by atoms with E-state index in [1.807, 2.05) is 61.0 Å². The molecule has 2 bridgehead atoms. The molecule has 10 rings (SSSR count). The molecule has 8 aromatic rings. The molecule has 264 valence electrons. The molecule has 55 heavy (non-hydrogen) atoms. The summed E-state index contributed by atoms with van der Waals surface area (Å²) in [7, 11) is 0. The van der Waals surface area contributed by atoms with Gasteiger partial charge < -0.3 is 9.80 Å². The van der Waals surface area contributed by atoms with Crippen molar-refractivity contribution in [2.45, 2.75) is 13.1 Å². The standard InChI is InChI=1S/C47H34N6S2/c1-3-7-32(8-4-1)13-21-46-50-40-17-15-38(25-44(40)54-46)48-27-34-11-19-42-36(23-34)29-52-31-53(42)30-37-24-35(12-20-43(37)52)28-49-39-16-18-41-45(26-39)55-47(51-41)22-14-33-9-5-2-6-10-33/h1-28H,29-31H2/b21-13+,22-14+,48-27+,49-28+. The molecule has 0 saturated heterocycles. The van der Waals surface area contributed by atoms with E-state index in [9.17, 15) is 0 Å². The lowest BCUT2D eigenvalue weighted by Crippen LogP contribution is -2.46. The number of hydrogen-bond donors (Lipinski definition) is 0. The predicted octanol–water partition coefficient (Wildman–Crippen LogP) is 12.0. The van der Waals surface area contributed by atoms with Gasteiger partial charge in [0.05, 0.1) is 38.5 Å². The summed E-state index contributed by atoms with van der Waals surface area (Å²) in [6, 6.07) is 46.5. The van der Waals surface area contributed by atoms with Gasteiger partial charge in [-0.05, 0) is 106 Å². The normalized spacial score (nSPS) is 14.0. The first-order valence-corrected chi connectivity index (χ1v) is 19.9. The van der Waals surface area contributed by atoms with Crippen molar-refractivity contribution in [3.63, 3.8) is 0 Å². The van der Waals surface area contributed by atoms with Gasteiger partial charge in [-0.1, -0.05) is 84.9 Å². The molecule has 6 nitrogen and oxygen atoms in total. The van der Waals surface area contributed by atoms with Crippen LogP contribution in [-0.4, -0.2) is 29.1 Å². The largest absolute Gasteiger partial charge is 0.349 e. The molecule has 6 aromatic carbocycles. The number of anilines is 2. The number of nitrogens with zero attached hydrogens (tertiary/aromatic N) is 6. The minimum Gasteiger partial charge on any atom is -0.349 e. The van der Waals surface area contributed by atoms with Crippen molar-refractivity contribution in [3.05, 3.63) is 177 Å². The van der Waals surface area contributed by atoms with Crippen LogP contribution in [0.25, 0.3) is 44.7 Å². The van der Waals surface area contributed by atoms with Crippen LogP contribution in [0, 0.1) is 0 Å². The lowest BCUT2D eigenvalue weighted by atomic mass is 9.99. The Balaban J connectivity index is 0.814. The topological polar surface area (TPSA) is 57.0 Å². The van der Waals surface area contributed by atoms with Crippen molar-refractivity contribution in [1.29, 1.82) is 0 Å². The van der Waals surface area contributed by atoms with Crippen LogP contribution in [0.1, 0.15) is 43.4 Å². The van der Waals surface area contributed by atoms with Crippen LogP contribution in [0.3, 0.4) is 0 Å². The number of benzene rings is 6. The zero-order chi connectivity index (χ0) is 36.6. The van der Waals surface area contributed by atoms with E-state index in [2.05, 4.69) is 119 Å². The summed E-state index contributed by atoms with van der Waals surface area (Å²) < 4.78 is 2.27. The first-order valence-electron chi connectivity index (χ1n) is 18.3. The lowest BCUT2D eigenvalue weighted by Gasteiger charge is -2.45. The Kier molecular flexibility index (Phi) is 8.67. The predicted molar refractivity (Wildman–Crippen MR) is 235 cm³/mol. The summed E-state index contributed by atoms with van der Waals surface area (Å²) in [4.78, 5) is 24.2. The van der Waals surface area contributed by atoms with Gasteiger partial charge in [-0.25, -0.2) is 9.97 Å². The number of rotatable bonds is 8. The Bertz CT molecular complexity index is 2620. The highest BCUT2D eigenvalue weighted by Gasteiger charge is 2.29. The van der Waals surface area contributed by atoms with Gasteiger partial charge >= 0.3 is 0 Å². The van der Waals surface area contributed by atoms with Crippen molar-refractivity contribution >= 4 is 103 Å². The van der Waals surface area contributed by atoms with Crippen LogP contribution in [0.15, 0.2) is 143 Å². The monoisotopic (exact) mass is 746 g/mol. The molecule has 2 aliphatic heterocycles. The van der Waals surface area contributed by atoms with Gasteiger partial charge in [0.15, 0.2) is 0 Å². The van der Waals surface area contributed by atoms with E-state index in [4.69, 9.17) is 20.0 Å². The van der Waals surface area contributed by atoms with Crippen molar-refractivity contribution in [3.8, 4) is 0 Å². The molecular weight excluding hydrogens is 713 g/mol. The number of fused-ring (bicyclic) bond motifs is 8. The van der Waals surface area contributed by atoms with Crippen LogP contribution < -0.4 is 9.80 Å². The van der Waals surface area contributed by atoms with Crippen LogP contribution in [-0.2, 0) is 13.1 Å². The van der Waals surface area contributed by atoms with Gasteiger partial charge in [0.1, 0.15) is 10.0 Å². The van der Waals surface area contributed by atoms with Crippen molar-refractivity contribution in [2.24, 2.45) is 9.98 Å². The molecule has 0 saturated carbocycles. The number of hydrogen-bond acceptors (Lipinski definition) is 8. The Morgan fingerprint density at radius 1 is 0.473 bits per heavy atom. The zero-order valence-electron chi connectivity index (χ0n) is 29.8.